The third kappa shape index (κ3) is 11.8. The Kier molecular flexibility index (Phi) is 15.0. The van der Waals surface area contributed by atoms with Gasteiger partial charge in [-0.2, -0.15) is 0 Å². The third-order valence-corrected chi connectivity index (χ3v) is 6.33. The summed E-state index contributed by atoms with van der Waals surface area (Å²) in [5.74, 6) is 2.90. The minimum atomic E-state index is 0.202. The topological polar surface area (TPSA) is 36.3 Å². The summed E-state index contributed by atoms with van der Waals surface area (Å²) in [5, 5.41) is 8.10. The molecule has 1 aliphatic heterocycles. The summed E-state index contributed by atoms with van der Waals surface area (Å²) >= 11 is 0. The maximum absolute atomic E-state index is 8.10. The van der Waals surface area contributed by atoms with Crippen molar-refractivity contribution in [2.75, 3.05) is 20.1 Å². The van der Waals surface area contributed by atoms with E-state index in [0.717, 1.165) is 31.8 Å². The van der Waals surface area contributed by atoms with E-state index in [-0.39, 0.29) is 6.10 Å². The number of unbranched alkanes of at least 4 members (excludes halogenated alkanes) is 3. The molecular weight excluding hydrogens is 332 g/mol. The number of rotatable bonds is 11. The summed E-state index contributed by atoms with van der Waals surface area (Å²) in [6.45, 7) is 17.8. The van der Waals surface area contributed by atoms with Gasteiger partial charge in [0.2, 0.25) is 0 Å². The molecule has 3 heteroatoms. The fraction of sp³-hybridized carbons (Fsp3) is 0.958. The zero-order valence-corrected chi connectivity index (χ0v) is 19.8. The minimum Gasteiger partial charge on any atom is -0.477 e. The fourth-order valence-electron chi connectivity index (χ4n) is 3.52. The lowest BCUT2D eigenvalue weighted by Crippen LogP contribution is -2.31. The molecule has 0 bridgehead atoms. The van der Waals surface area contributed by atoms with Crippen LogP contribution < -0.4 is 0 Å². The van der Waals surface area contributed by atoms with Gasteiger partial charge in [0.15, 0.2) is 5.90 Å². The van der Waals surface area contributed by atoms with Crippen LogP contribution in [0.15, 0.2) is 0 Å². The Labute approximate surface area is 171 Å². The molecule has 0 saturated carbocycles. The van der Waals surface area contributed by atoms with Gasteiger partial charge >= 0.3 is 0 Å². The summed E-state index contributed by atoms with van der Waals surface area (Å²) in [4.78, 5) is 2.27. The molecule has 27 heavy (non-hydrogen) atoms. The lowest BCUT2D eigenvalue weighted by Gasteiger charge is -2.28. The Morgan fingerprint density at radius 1 is 1.04 bits per heavy atom. The average molecular weight is 383 g/mol. The molecule has 4 unspecified atom stereocenters. The third-order valence-electron chi connectivity index (χ3n) is 6.33. The lowest BCUT2D eigenvalue weighted by atomic mass is 9.90. The van der Waals surface area contributed by atoms with Gasteiger partial charge in [0.25, 0.3) is 0 Å². The van der Waals surface area contributed by atoms with Crippen molar-refractivity contribution in [2.45, 2.75) is 106 Å². The Hall–Kier alpha value is -0.570. The van der Waals surface area contributed by atoms with Crippen LogP contribution in [-0.4, -0.2) is 37.0 Å². The van der Waals surface area contributed by atoms with Crippen molar-refractivity contribution in [1.29, 1.82) is 5.41 Å². The van der Waals surface area contributed by atoms with Crippen molar-refractivity contribution in [3.8, 4) is 0 Å². The first-order chi connectivity index (χ1) is 12.8. The first-order valence-corrected chi connectivity index (χ1v) is 11.7. The van der Waals surface area contributed by atoms with Crippen molar-refractivity contribution < 1.29 is 4.74 Å². The van der Waals surface area contributed by atoms with Crippen LogP contribution in [0.3, 0.4) is 0 Å². The van der Waals surface area contributed by atoms with Gasteiger partial charge in [-0.15, -0.1) is 0 Å². The smallest absolute Gasteiger partial charge is 0.185 e. The highest BCUT2D eigenvalue weighted by Gasteiger charge is 2.28. The van der Waals surface area contributed by atoms with Crippen LogP contribution in [0.1, 0.15) is 99.8 Å². The van der Waals surface area contributed by atoms with Gasteiger partial charge in [0.1, 0.15) is 6.10 Å². The van der Waals surface area contributed by atoms with E-state index in [0.29, 0.717) is 23.7 Å². The zero-order valence-electron chi connectivity index (χ0n) is 19.8. The second-order valence-corrected chi connectivity index (χ2v) is 9.14. The molecule has 1 aliphatic rings. The quantitative estimate of drug-likeness (QED) is 0.237. The summed E-state index contributed by atoms with van der Waals surface area (Å²) in [6.07, 6.45) is 10.7. The molecule has 1 N–H and O–H groups in total. The van der Waals surface area contributed by atoms with Crippen LogP contribution in [0.5, 0.6) is 0 Å². The summed E-state index contributed by atoms with van der Waals surface area (Å²) in [5.41, 5.74) is 0. The van der Waals surface area contributed by atoms with Crippen molar-refractivity contribution in [1.82, 2.24) is 4.90 Å². The highest BCUT2D eigenvalue weighted by atomic mass is 16.5. The highest BCUT2D eigenvalue weighted by Crippen LogP contribution is 2.23. The number of nitrogens with zero attached hydrogens (tertiary/aromatic N) is 1. The van der Waals surface area contributed by atoms with Gasteiger partial charge in [0, 0.05) is 12.5 Å². The predicted octanol–water partition coefficient (Wildman–Crippen LogP) is 7.01. The maximum atomic E-state index is 8.10. The highest BCUT2D eigenvalue weighted by molar-refractivity contribution is 5.76. The van der Waals surface area contributed by atoms with E-state index in [9.17, 15) is 0 Å². The molecule has 1 saturated heterocycles. The number of likely N-dealkylation sites (tertiary alicyclic amines) is 1. The first-order valence-electron chi connectivity index (χ1n) is 11.7. The number of ether oxygens (including phenoxy) is 1. The van der Waals surface area contributed by atoms with Gasteiger partial charge in [-0.3, -0.25) is 5.41 Å². The van der Waals surface area contributed by atoms with Gasteiger partial charge in [-0.25, -0.2) is 0 Å². The SMILES string of the molecule is CCC(OC(=N)C1CCN(C)C1)C(C)C(C)C.CCCCCCC(C)CC. The van der Waals surface area contributed by atoms with Crippen LogP contribution in [-0.2, 0) is 4.74 Å². The molecule has 1 fully saturated rings. The largest absolute Gasteiger partial charge is 0.477 e. The molecule has 3 nitrogen and oxygen atoms in total. The Bertz CT molecular complexity index is 369. The monoisotopic (exact) mass is 382 g/mol. The molecule has 0 amide bonds. The average Bonchev–Trinajstić information content (AvgIpc) is 3.09. The van der Waals surface area contributed by atoms with E-state index in [1.807, 2.05) is 0 Å². The number of nitrogens with one attached hydrogen (secondary N) is 1. The van der Waals surface area contributed by atoms with Crippen LogP contribution in [0, 0.1) is 29.1 Å². The van der Waals surface area contributed by atoms with Crippen LogP contribution in [0.2, 0.25) is 0 Å². The normalized spacial score (nSPS) is 20.7. The van der Waals surface area contributed by atoms with Gasteiger partial charge in [0.05, 0.1) is 0 Å². The van der Waals surface area contributed by atoms with Gasteiger partial charge < -0.3 is 9.64 Å². The zero-order chi connectivity index (χ0) is 20.8. The molecule has 0 aliphatic carbocycles. The molecule has 0 radical (unpaired) electrons. The predicted molar refractivity (Wildman–Crippen MR) is 121 cm³/mol. The minimum absolute atomic E-state index is 0.202. The van der Waals surface area contributed by atoms with E-state index in [4.69, 9.17) is 10.1 Å². The molecular formula is C24H50N2O. The van der Waals surface area contributed by atoms with Crippen LogP contribution >= 0.6 is 0 Å². The van der Waals surface area contributed by atoms with Crippen molar-refractivity contribution in [3.05, 3.63) is 0 Å². The van der Waals surface area contributed by atoms with Gasteiger partial charge in [-0.1, -0.05) is 87.0 Å². The number of hydrogen-bond acceptors (Lipinski definition) is 3. The molecule has 1 heterocycles. The van der Waals surface area contributed by atoms with Crippen molar-refractivity contribution in [2.24, 2.45) is 23.7 Å². The summed E-state index contributed by atoms with van der Waals surface area (Å²) in [7, 11) is 2.11. The molecule has 0 aromatic heterocycles. The van der Waals surface area contributed by atoms with Crippen molar-refractivity contribution >= 4 is 5.90 Å². The first kappa shape index (κ1) is 26.4. The Morgan fingerprint density at radius 3 is 2.15 bits per heavy atom. The second kappa shape index (κ2) is 15.4. The Morgan fingerprint density at radius 2 is 1.70 bits per heavy atom. The summed E-state index contributed by atoms with van der Waals surface area (Å²) < 4.78 is 5.91. The van der Waals surface area contributed by atoms with Crippen LogP contribution in [0.25, 0.3) is 0 Å². The van der Waals surface area contributed by atoms with E-state index in [2.05, 4.69) is 60.4 Å². The summed E-state index contributed by atoms with van der Waals surface area (Å²) in [6, 6.07) is 0. The van der Waals surface area contributed by atoms with Crippen molar-refractivity contribution in [3.63, 3.8) is 0 Å². The Balaban J connectivity index is 0.000000580. The van der Waals surface area contributed by atoms with E-state index in [1.165, 1.54) is 38.5 Å². The fourth-order valence-corrected chi connectivity index (χ4v) is 3.52. The molecule has 0 aromatic rings. The van der Waals surface area contributed by atoms with E-state index in [1.54, 1.807) is 0 Å². The molecule has 162 valence electrons. The maximum Gasteiger partial charge on any atom is 0.185 e. The standard InChI is InChI=1S/C14H28N2O.C10H22/c1-6-13(11(4)10(2)3)17-14(15)12-7-8-16(5)9-12;1-4-6-7-8-9-10(3)5-2/h10-13,15H,6-9H2,1-5H3;10H,4-9H2,1-3H3. The second-order valence-electron chi connectivity index (χ2n) is 9.14. The molecule has 1 rings (SSSR count). The van der Waals surface area contributed by atoms with Crippen LogP contribution in [0.4, 0.5) is 0 Å². The molecule has 4 atom stereocenters. The lowest BCUT2D eigenvalue weighted by molar-refractivity contribution is 0.0909. The van der Waals surface area contributed by atoms with E-state index < -0.39 is 0 Å². The number of hydrogen-bond donors (Lipinski definition) is 1. The van der Waals surface area contributed by atoms with E-state index >= 15 is 0 Å². The van der Waals surface area contributed by atoms with Gasteiger partial charge in [-0.05, 0) is 44.2 Å². The molecule has 0 aromatic carbocycles. The molecule has 0 spiro atoms.